The number of fused-ring (bicyclic) bond motifs is 2. The van der Waals surface area contributed by atoms with Crippen LogP contribution in [-0.2, 0) is 11.2 Å². The van der Waals surface area contributed by atoms with E-state index in [9.17, 15) is 4.79 Å². The molecule has 1 amide bonds. The Kier molecular flexibility index (Phi) is 8.22. The Morgan fingerprint density at radius 2 is 1.88 bits per heavy atom. The first-order chi connectivity index (χ1) is 15.0. The number of likely N-dealkylation sites (N-methyl/N-ethyl adjacent to an activating group) is 1. The monoisotopic (exact) mass is 495 g/mol. The van der Waals surface area contributed by atoms with Crippen molar-refractivity contribution >= 4 is 56.6 Å². The molecule has 2 aromatic carbocycles. The van der Waals surface area contributed by atoms with E-state index >= 15 is 0 Å². The first-order valence-electron chi connectivity index (χ1n) is 10.5. The van der Waals surface area contributed by atoms with Crippen LogP contribution in [-0.4, -0.2) is 48.8 Å². The second-order valence-corrected chi connectivity index (χ2v) is 8.87. The molecule has 1 aliphatic rings. The zero-order valence-electron chi connectivity index (χ0n) is 18.4. The van der Waals surface area contributed by atoms with Gasteiger partial charge in [0.25, 0.3) is 0 Å². The summed E-state index contributed by atoms with van der Waals surface area (Å²) in [6.07, 6.45) is 0.268. The lowest BCUT2D eigenvalue weighted by Gasteiger charge is -2.24. The van der Waals surface area contributed by atoms with E-state index < -0.39 is 0 Å². The number of thiazole rings is 1. The van der Waals surface area contributed by atoms with Gasteiger partial charge in [-0.05, 0) is 55.4 Å². The Bertz CT molecular complexity index is 1100. The van der Waals surface area contributed by atoms with E-state index in [1.54, 1.807) is 4.90 Å². The summed E-state index contributed by atoms with van der Waals surface area (Å²) in [4.78, 5) is 22.3. The van der Waals surface area contributed by atoms with Crippen molar-refractivity contribution in [1.29, 1.82) is 0 Å². The minimum atomic E-state index is 0. The van der Waals surface area contributed by atoms with Crippen molar-refractivity contribution in [1.82, 2.24) is 9.88 Å². The van der Waals surface area contributed by atoms with Crippen molar-refractivity contribution in [3.05, 3.63) is 46.5 Å². The fourth-order valence-electron chi connectivity index (χ4n) is 3.63. The number of halogens is 2. The Hall–Kier alpha value is -2.06. The minimum Gasteiger partial charge on any atom is -0.454 e. The van der Waals surface area contributed by atoms with Gasteiger partial charge in [0, 0.05) is 18.1 Å². The number of hydrogen-bond acceptors (Lipinski definition) is 6. The Morgan fingerprint density at radius 3 is 2.62 bits per heavy atom. The summed E-state index contributed by atoms with van der Waals surface area (Å²) in [5.74, 6) is 1.41. The van der Waals surface area contributed by atoms with E-state index in [0.29, 0.717) is 28.2 Å². The normalized spacial score (nSPS) is 12.3. The van der Waals surface area contributed by atoms with Crippen LogP contribution < -0.4 is 14.4 Å². The van der Waals surface area contributed by atoms with Crippen LogP contribution in [0.4, 0.5) is 5.13 Å². The molecule has 0 unspecified atom stereocenters. The lowest BCUT2D eigenvalue weighted by Crippen LogP contribution is -2.39. The molecule has 0 radical (unpaired) electrons. The average Bonchev–Trinajstić information content (AvgIpc) is 3.41. The summed E-state index contributed by atoms with van der Waals surface area (Å²) < 4.78 is 11.9. The van der Waals surface area contributed by atoms with Gasteiger partial charge >= 0.3 is 0 Å². The Labute approximate surface area is 203 Å². The molecule has 0 aliphatic carbocycles. The van der Waals surface area contributed by atoms with Gasteiger partial charge in [-0.25, -0.2) is 4.98 Å². The zero-order valence-corrected chi connectivity index (χ0v) is 20.8. The molecule has 0 spiro atoms. The topological polar surface area (TPSA) is 54.9 Å². The largest absolute Gasteiger partial charge is 0.454 e. The van der Waals surface area contributed by atoms with E-state index in [4.69, 9.17) is 26.1 Å². The van der Waals surface area contributed by atoms with E-state index in [2.05, 4.69) is 18.7 Å². The maximum absolute atomic E-state index is 13.4. The van der Waals surface area contributed by atoms with Gasteiger partial charge in [-0.2, -0.15) is 0 Å². The predicted molar refractivity (Wildman–Crippen MR) is 133 cm³/mol. The van der Waals surface area contributed by atoms with E-state index in [0.717, 1.165) is 41.0 Å². The van der Waals surface area contributed by atoms with E-state index in [1.165, 1.54) is 11.3 Å². The molecule has 0 atom stereocenters. The number of benzene rings is 2. The molecule has 0 saturated heterocycles. The number of anilines is 1. The third kappa shape index (κ3) is 5.12. The fraction of sp³-hybridized carbons (Fsp3) is 0.391. The number of aryl methyl sites for hydroxylation is 1. The molecule has 0 bridgehead atoms. The quantitative estimate of drug-likeness (QED) is 0.422. The molecule has 0 fully saturated rings. The molecule has 1 aliphatic heterocycles. The molecular formula is C23H27Cl2N3O3S. The molecule has 32 heavy (non-hydrogen) atoms. The molecule has 3 aromatic rings. The van der Waals surface area contributed by atoms with Crippen LogP contribution in [0.3, 0.4) is 0 Å². The number of carbonyl (C=O) groups excluding carboxylic acids is 1. The smallest absolute Gasteiger partial charge is 0.233 e. The van der Waals surface area contributed by atoms with Crippen LogP contribution in [0.25, 0.3) is 10.2 Å². The lowest BCUT2D eigenvalue weighted by molar-refractivity contribution is -0.118. The van der Waals surface area contributed by atoms with Crippen LogP contribution in [0.2, 0.25) is 5.02 Å². The second-order valence-electron chi connectivity index (χ2n) is 7.45. The van der Waals surface area contributed by atoms with Gasteiger partial charge in [0.2, 0.25) is 12.7 Å². The number of amides is 1. The highest BCUT2D eigenvalue weighted by Gasteiger charge is 2.23. The van der Waals surface area contributed by atoms with Crippen molar-refractivity contribution in [3.63, 3.8) is 0 Å². The third-order valence-corrected chi connectivity index (χ3v) is 7.05. The highest BCUT2D eigenvalue weighted by atomic mass is 35.5. The van der Waals surface area contributed by atoms with Gasteiger partial charge in [0.05, 0.1) is 16.6 Å². The summed E-state index contributed by atoms with van der Waals surface area (Å²) in [5, 5.41) is 1.39. The maximum Gasteiger partial charge on any atom is 0.233 e. The van der Waals surface area contributed by atoms with Crippen LogP contribution in [0.15, 0.2) is 30.3 Å². The van der Waals surface area contributed by atoms with Crippen LogP contribution in [0.5, 0.6) is 11.5 Å². The van der Waals surface area contributed by atoms with Gasteiger partial charge in [0.15, 0.2) is 16.6 Å². The molecule has 4 rings (SSSR count). The summed E-state index contributed by atoms with van der Waals surface area (Å²) in [6, 6.07) is 9.50. The molecular weight excluding hydrogens is 469 g/mol. The average molecular weight is 496 g/mol. The second kappa shape index (κ2) is 10.7. The fourth-order valence-corrected chi connectivity index (χ4v) is 4.85. The van der Waals surface area contributed by atoms with Crippen molar-refractivity contribution < 1.29 is 14.3 Å². The summed E-state index contributed by atoms with van der Waals surface area (Å²) >= 11 is 7.81. The first-order valence-corrected chi connectivity index (χ1v) is 11.7. The number of hydrogen-bond donors (Lipinski definition) is 0. The summed E-state index contributed by atoms with van der Waals surface area (Å²) in [6.45, 7) is 9.69. The third-order valence-electron chi connectivity index (χ3n) is 5.60. The lowest BCUT2D eigenvalue weighted by atomic mass is 10.1. The van der Waals surface area contributed by atoms with Crippen LogP contribution >= 0.6 is 35.3 Å². The van der Waals surface area contributed by atoms with Gasteiger partial charge in [-0.15, -0.1) is 12.4 Å². The van der Waals surface area contributed by atoms with Gasteiger partial charge in [0.1, 0.15) is 0 Å². The minimum absolute atomic E-state index is 0. The van der Waals surface area contributed by atoms with Crippen molar-refractivity contribution in [2.45, 2.75) is 27.2 Å². The highest BCUT2D eigenvalue weighted by molar-refractivity contribution is 7.22. The number of carbonyl (C=O) groups is 1. The zero-order chi connectivity index (χ0) is 22.0. The molecule has 2 heterocycles. The summed E-state index contributed by atoms with van der Waals surface area (Å²) in [7, 11) is 0. The predicted octanol–water partition coefficient (Wildman–Crippen LogP) is 5.33. The highest BCUT2D eigenvalue weighted by Crippen LogP contribution is 2.35. The van der Waals surface area contributed by atoms with Gasteiger partial charge in [-0.3, -0.25) is 9.69 Å². The number of nitrogens with zero attached hydrogens (tertiary/aromatic N) is 3. The molecule has 1 aromatic heterocycles. The molecule has 6 nitrogen and oxygen atoms in total. The maximum atomic E-state index is 13.4. The number of ether oxygens (including phenoxy) is 2. The molecule has 0 saturated carbocycles. The Morgan fingerprint density at radius 1 is 1.12 bits per heavy atom. The molecule has 0 N–H and O–H groups in total. The van der Waals surface area contributed by atoms with Gasteiger partial charge in [-0.1, -0.05) is 42.9 Å². The van der Waals surface area contributed by atoms with Crippen molar-refractivity contribution in [3.8, 4) is 11.5 Å². The molecule has 172 valence electrons. The van der Waals surface area contributed by atoms with E-state index in [-0.39, 0.29) is 31.5 Å². The van der Waals surface area contributed by atoms with E-state index in [1.807, 2.05) is 37.3 Å². The van der Waals surface area contributed by atoms with Gasteiger partial charge < -0.3 is 14.4 Å². The SMILES string of the molecule is CCN(CC)CCN(C(=O)Cc1ccc2c(c1)OCO2)c1nc2c(C)c(Cl)ccc2s1.Cl. The standard InChI is InChI=1S/C23H26ClN3O3S.ClH/c1-4-26(5-2)10-11-27(23-25-22-15(3)17(24)7-9-20(22)31-23)21(28)13-16-6-8-18-19(12-16)30-14-29-18;/h6-9,12H,4-5,10-11,13-14H2,1-3H3;1H. The van der Waals surface area contributed by atoms with Crippen molar-refractivity contribution in [2.24, 2.45) is 0 Å². The first kappa shape index (κ1) is 24.6. The summed E-state index contributed by atoms with van der Waals surface area (Å²) in [5.41, 5.74) is 2.69. The van der Waals surface area contributed by atoms with Crippen molar-refractivity contribution in [2.75, 3.05) is 37.9 Å². The van der Waals surface area contributed by atoms with Crippen LogP contribution in [0, 0.1) is 6.92 Å². The Balaban J connectivity index is 0.00000289. The number of rotatable bonds is 8. The van der Waals surface area contributed by atoms with Crippen LogP contribution in [0.1, 0.15) is 25.0 Å². The molecule has 9 heteroatoms. The number of aromatic nitrogens is 1.